The van der Waals surface area contributed by atoms with E-state index in [0.717, 1.165) is 28.9 Å². The average molecular weight is 310 g/mol. The molecule has 0 saturated carbocycles. The normalized spacial score (nSPS) is 12.9. The van der Waals surface area contributed by atoms with E-state index in [4.69, 9.17) is 0 Å². The molecule has 0 atom stereocenters. The van der Waals surface area contributed by atoms with Crippen molar-refractivity contribution in [2.24, 2.45) is 0 Å². The van der Waals surface area contributed by atoms with E-state index < -0.39 is 5.97 Å². The molecule has 0 aromatic heterocycles. The fourth-order valence-corrected chi connectivity index (χ4v) is 2.91. The third kappa shape index (κ3) is 2.90. The molecule has 118 valence electrons. The van der Waals surface area contributed by atoms with Gasteiger partial charge in [-0.2, -0.15) is 0 Å². The molecular weight excluding hydrogens is 292 g/mol. The molecule has 2 N–H and O–H groups in total. The predicted molar refractivity (Wildman–Crippen MR) is 89.6 cm³/mol. The molecule has 1 aliphatic heterocycles. The minimum Gasteiger partial charge on any atom is -0.478 e. The fraction of sp³-hybridized carbons (Fsp3) is 0.222. The van der Waals surface area contributed by atoms with Crippen LogP contribution in [0.25, 0.3) is 0 Å². The van der Waals surface area contributed by atoms with Crippen molar-refractivity contribution in [2.45, 2.75) is 20.3 Å². The van der Waals surface area contributed by atoms with Crippen LogP contribution in [0.2, 0.25) is 0 Å². The fourth-order valence-electron chi connectivity index (χ4n) is 2.91. The number of aromatic carboxylic acids is 1. The van der Waals surface area contributed by atoms with E-state index in [1.807, 2.05) is 31.2 Å². The number of nitrogens with one attached hydrogen (secondary N) is 1. The lowest BCUT2D eigenvalue weighted by molar-refractivity contribution is -0.116. The second-order valence-corrected chi connectivity index (χ2v) is 5.74. The van der Waals surface area contributed by atoms with Crippen molar-refractivity contribution in [1.82, 2.24) is 0 Å². The Balaban J connectivity index is 1.91. The summed E-state index contributed by atoms with van der Waals surface area (Å²) < 4.78 is 0. The van der Waals surface area contributed by atoms with Crippen LogP contribution in [0.4, 0.5) is 17.1 Å². The smallest absolute Gasteiger partial charge is 0.337 e. The summed E-state index contributed by atoms with van der Waals surface area (Å²) in [5.74, 6) is -0.920. The molecule has 5 heteroatoms. The van der Waals surface area contributed by atoms with Crippen molar-refractivity contribution >= 4 is 28.9 Å². The number of carboxylic acids is 1. The second kappa shape index (κ2) is 5.76. The van der Waals surface area contributed by atoms with Crippen LogP contribution >= 0.6 is 0 Å². The van der Waals surface area contributed by atoms with Gasteiger partial charge in [-0.05, 0) is 49.2 Å². The Hall–Kier alpha value is -2.82. The summed E-state index contributed by atoms with van der Waals surface area (Å²) in [6, 6.07) is 11.0. The van der Waals surface area contributed by atoms with Gasteiger partial charge >= 0.3 is 5.97 Å². The summed E-state index contributed by atoms with van der Waals surface area (Å²) in [7, 11) is 0. The first-order chi connectivity index (χ1) is 11.0. The number of hydrogen-bond acceptors (Lipinski definition) is 3. The van der Waals surface area contributed by atoms with Gasteiger partial charge in [0, 0.05) is 24.8 Å². The molecule has 0 fully saturated rings. The number of benzene rings is 2. The Morgan fingerprint density at radius 1 is 1.17 bits per heavy atom. The molecule has 0 radical (unpaired) electrons. The van der Waals surface area contributed by atoms with Gasteiger partial charge in [0.15, 0.2) is 0 Å². The van der Waals surface area contributed by atoms with Gasteiger partial charge in [-0.25, -0.2) is 4.79 Å². The van der Waals surface area contributed by atoms with Gasteiger partial charge in [-0.1, -0.05) is 11.6 Å². The molecule has 0 unspecified atom stereocenters. The molecule has 1 amide bonds. The van der Waals surface area contributed by atoms with Crippen LogP contribution in [0.15, 0.2) is 36.4 Å². The molecule has 0 spiro atoms. The van der Waals surface area contributed by atoms with Crippen LogP contribution in [-0.2, 0) is 11.2 Å². The zero-order valence-corrected chi connectivity index (χ0v) is 13.1. The highest BCUT2D eigenvalue weighted by molar-refractivity contribution is 5.96. The lowest BCUT2D eigenvalue weighted by Gasteiger charge is -2.16. The Bertz CT molecular complexity index is 799. The van der Waals surface area contributed by atoms with E-state index >= 15 is 0 Å². The number of carbonyl (C=O) groups is 2. The molecule has 0 saturated heterocycles. The highest BCUT2D eigenvalue weighted by Gasteiger charge is 2.22. The molecule has 1 aliphatic rings. The van der Waals surface area contributed by atoms with Crippen LogP contribution in [0, 0.1) is 6.92 Å². The van der Waals surface area contributed by atoms with Crippen molar-refractivity contribution in [3.63, 3.8) is 0 Å². The quantitative estimate of drug-likeness (QED) is 0.912. The van der Waals surface area contributed by atoms with Crippen LogP contribution in [0.3, 0.4) is 0 Å². The highest BCUT2D eigenvalue weighted by atomic mass is 16.4. The Morgan fingerprint density at radius 2 is 1.96 bits per heavy atom. The standard InChI is InChI=1S/C18H18N2O3/c1-11-3-5-16(15(9-11)18(22)23)19-14-4-6-17-13(10-14)7-8-20(17)12(2)21/h3-6,9-10,19H,7-8H2,1-2H3,(H,22,23). The number of fused-ring (bicyclic) bond motifs is 1. The van der Waals surface area contributed by atoms with Crippen molar-refractivity contribution in [3.05, 3.63) is 53.1 Å². The van der Waals surface area contributed by atoms with Crippen molar-refractivity contribution in [1.29, 1.82) is 0 Å². The van der Waals surface area contributed by atoms with E-state index in [0.29, 0.717) is 12.2 Å². The van der Waals surface area contributed by atoms with E-state index in [9.17, 15) is 14.7 Å². The van der Waals surface area contributed by atoms with Gasteiger partial charge in [0.2, 0.25) is 5.91 Å². The largest absolute Gasteiger partial charge is 0.478 e. The minimum atomic E-state index is -0.958. The van der Waals surface area contributed by atoms with Crippen molar-refractivity contribution < 1.29 is 14.7 Å². The number of amides is 1. The topological polar surface area (TPSA) is 69.6 Å². The maximum atomic E-state index is 11.6. The van der Waals surface area contributed by atoms with Crippen LogP contribution in [-0.4, -0.2) is 23.5 Å². The zero-order chi connectivity index (χ0) is 16.6. The molecule has 0 aliphatic carbocycles. The Labute approximate surface area is 134 Å². The third-order valence-electron chi connectivity index (χ3n) is 4.04. The average Bonchev–Trinajstić information content (AvgIpc) is 2.92. The zero-order valence-electron chi connectivity index (χ0n) is 13.1. The minimum absolute atomic E-state index is 0.0381. The summed E-state index contributed by atoms with van der Waals surface area (Å²) in [5.41, 5.74) is 4.56. The molecular formula is C18H18N2O3. The summed E-state index contributed by atoms with van der Waals surface area (Å²) in [6.45, 7) is 4.12. The first kappa shape index (κ1) is 15.1. The number of carbonyl (C=O) groups excluding carboxylic acids is 1. The van der Waals surface area contributed by atoms with E-state index in [1.54, 1.807) is 24.0 Å². The molecule has 2 aromatic rings. The first-order valence-electron chi connectivity index (χ1n) is 7.47. The number of hydrogen-bond donors (Lipinski definition) is 2. The SMILES string of the molecule is CC(=O)N1CCc2cc(Nc3ccc(C)cc3C(=O)O)ccc21. The van der Waals surface area contributed by atoms with E-state index in [2.05, 4.69) is 5.32 Å². The van der Waals surface area contributed by atoms with Crippen molar-refractivity contribution in [2.75, 3.05) is 16.8 Å². The third-order valence-corrected chi connectivity index (χ3v) is 4.04. The number of rotatable bonds is 3. The highest BCUT2D eigenvalue weighted by Crippen LogP contribution is 2.32. The molecule has 23 heavy (non-hydrogen) atoms. The number of carboxylic acid groups (broad SMARTS) is 1. The van der Waals surface area contributed by atoms with Crippen LogP contribution in [0.5, 0.6) is 0 Å². The molecule has 1 heterocycles. The molecule has 0 bridgehead atoms. The van der Waals surface area contributed by atoms with E-state index in [-0.39, 0.29) is 11.5 Å². The lowest BCUT2D eigenvalue weighted by atomic mass is 10.1. The molecule has 2 aromatic carbocycles. The number of anilines is 3. The molecule has 3 rings (SSSR count). The summed E-state index contributed by atoms with van der Waals surface area (Å²) in [5, 5.41) is 12.5. The van der Waals surface area contributed by atoms with Gasteiger partial charge in [0.25, 0.3) is 0 Å². The predicted octanol–water partition coefficient (Wildman–Crippen LogP) is 3.35. The maximum absolute atomic E-state index is 11.6. The van der Waals surface area contributed by atoms with Gasteiger partial charge < -0.3 is 15.3 Å². The van der Waals surface area contributed by atoms with Gasteiger partial charge in [-0.3, -0.25) is 4.79 Å². The molecule has 5 nitrogen and oxygen atoms in total. The Kier molecular flexibility index (Phi) is 3.78. The maximum Gasteiger partial charge on any atom is 0.337 e. The van der Waals surface area contributed by atoms with Gasteiger partial charge in [-0.15, -0.1) is 0 Å². The van der Waals surface area contributed by atoms with Gasteiger partial charge in [0.1, 0.15) is 0 Å². The number of nitrogens with zero attached hydrogens (tertiary/aromatic N) is 1. The Morgan fingerprint density at radius 3 is 2.65 bits per heavy atom. The van der Waals surface area contributed by atoms with Crippen molar-refractivity contribution in [3.8, 4) is 0 Å². The van der Waals surface area contributed by atoms with Crippen LogP contribution in [0.1, 0.15) is 28.4 Å². The second-order valence-electron chi connectivity index (χ2n) is 5.74. The summed E-state index contributed by atoms with van der Waals surface area (Å²) in [4.78, 5) is 24.7. The number of aryl methyl sites for hydroxylation is 1. The summed E-state index contributed by atoms with van der Waals surface area (Å²) in [6.07, 6.45) is 0.810. The lowest BCUT2D eigenvalue weighted by Crippen LogP contribution is -2.25. The summed E-state index contributed by atoms with van der Waals surface area (Å²) >= 11 is 0. The first-order valence-corrected chi connectivity index (χ1v) is 7.47. The van der Waals surface area contributed by atoms with Crippen LogP contribution < -0.4 is 10.2 Å². The monoisotopic (exact) mass is 310 g/mol. The van der Waals surface area contributed by atoms with Gasteiger partial charge in [0.05, 0.1) is 11.3 Å². The van der Waals surface area contributed by atoms with E-state index in [1.165, 1.54) is 0 Å².